The molecule has 0 aliphatic heterocycles. The Kier molecular flexibility index (Phi) is 7.32. The second-order valence-corrected chi connectivity index (χ2v) is 10.2. The van der Waals surface area contributed by atoms with Crippen molar-refractivity contribution in [2.75, 3.05) is 19.4 Å². The van der Waals surface area contributed by atoms with Gasteiger partial charge in [0.2, 0.25) is 5.91 Å². The van der Waals surface area contributed by atoms with Crippen LogP contribution in [0, 0.1) is 0 Å². The highest BCUT2D eigenvalue weighted by molar-refractivity contribution is 7.99. The van der Waals surface area contributed by atoms with Crippen LogP contribution >= 0.6 is 23.1 Å². The van der Waals surface area contributed by atoms with Crippen molar-refractivity contribution in [3.8, 4) is 0 Å². The average molecular weight is 464 g/mol. The standard InChI is InChI=1S/C22H29N3O4S2/c1-29-18(27)11-6-12-23-17(26)13-30-22-24-20-19(15-9-4-5-10-16(15)31-20)21(28)25(22)14-7-2-3-8-14/h14H,2-13H2,1H3,(H,23,26). The van der Waals surface area contributed by atoms with Crippen LogP contribution in [0.5, 0.6) is 0 Å². The number of hydrogen-bond acceptors (Lipinski definition) is 7. The van der Waals surface area contributed by atoms with E-state index in [4.69, 9.17) is 4.98 Å². The maximum Gasteiger partial charge on any atom is 0.305 e. The van der Waals surface area contributed by atoms with Crippen molar-refractivity contribution in [2.24, 2.45) is 0 Å². The Bertz CT molecular complexity index is 1020. The van der Waals surface area contributed by atoms with Gasteiger partial charge in [0, 0.05) is 23.9 Å². The van der Waals surface area contributed by atoms with Crippen LogP contribution in [0.3, 0.4) is 0 Å². The lowest BCUT2D eigenvalue weighted by Gasteiger charge is -2.18. The van der Waals surface area contributed by atoms with Gasteiger partial charge in [-0.25, -0.2) is 4.98 Å². The normalized spacial score (nSPS) is 16.4. The zero-order chi connectivity index (χ0) is 21.8. The van der Waals surface area contributed by atoms with Gasteiger partial charge in [-0.05, 0) is 50.5 Å². The lowest BCUT2D eigenvalue weighted by Crippen LogP contribution is -2.29. The van der Waals surface area contributed by atoms with Gasteiger partial charge >= 0.3 is 5.97 Å². The minimum absolute atomic E-state index is 0.0808. The first kappa shape index (κ1) is 22.3. The van der Waals surface area contributed by atoms with E-state index in [1.165, 1.54) is 35.7 Å². The number of fused-ring (bicyclic) bond motifs is 3. The van der Waals surface area contributed by atoms with E-state index in [9.17, 15) is 14.4 Å². The summed E-state index contributed by atoms with van der Waals surface area (Å²) >= 11 is 2.99. The predicted octanol–water partition coefficient (Wildman–Crippen LogP) is 3.61. The van der Waals surface area contributed by atoms with Gasteiger partial charge in [0.15, 0.2) is 5.16 Å². The van der Waals surface area contributed by atoms with Crippen LogP contribution in [0.15, 0.2) is 9.95 Å². The number of thioether (sulfide) groups is 1. The largest absolute Gasteiger partial charge is 0.469 e. The van der Waals surface area contributed by atoms with Crippen LogP contribution < -0.4 is 10.9 Å². The number of nitrogens with one attached hydrogen (secondary N) is 1. The molecule has 0 bridgehead atoms. The van der Waals surface area contributed by atoms with E-state index in [0.717, 1.165) is 55.2 Å². The second kappa shape index (κ2) is 10.2. The number of carbonyl (C=O) groups is 2. The quantitative estimate of drug-likeness (QED) is 0.278. The van der Waals surface area contributed by atoms with E-state index in [1.807, 2.05) is 4.57 Å². The fourth-order valence-corrected chi connectivity index (χ4v) is 6.73. The summed E-state index contributed by atoms with van der Waals surface area (Å²) in [7, 11) is 1.36. The Labute approximate surface area is 190 Å². The summed E-state index contributed by atoms with van der Waals surface area (Å²) in [4.78, 5) is 44.1. The van der Waals surface area contributed by atoms with E-state index in [0.29, 0.717) is 18.1 Å². The molecule has 0 saturated heterocycles. The van der Waals surface area contributed by atoms with Crippen molar-refractivity contribution in [1.29, 1.82) is 0 Å². The van der Waals surface area contributed by atoms with E-state index in [2.05, 4.69) is 10.1 Å². The molecule has 1 N–H and O–H groups in total. The number of aromatic nitrogens is 2. The Morgan fingerprint density at radius 1 is 1.23 bits per heavy atom. The van der Waals surface area contributed by atoms with Crippen LogP contribution in [0.4, 0.5) is 0 Å². The van der Waals surface area contributed by atoms with Crippen LogP contribution in [0.1, 0.15) is 67.8 Å². The van der Waals surface area contributed by atoms with Gasteiger partial charge in [-0.15, -0.1) is 11.3 Å². The number of nitrogens with zero attached hydrogens (tertiary/aromatic N) is 2. The highest BCUT2D eigenvalue weighted by Gasteiger charge is 2.27. The molecule has 0 spiro atoms. The number of esters is 1. The van der Waals surface area contributed by atoms with Crippen molar-refractivity contribution < 1.29 is 14.3 Å². The number of rotatable bonds is 8. The van der Waals surface area contributed by atoms with Gasteiger partial charge < -0.3 is 10.1 Å². The van der Waals surface area contributed by atoms with E-state index in [1.54, 1.807) is 11.3 Å². The Hall–Kier alpha value is -1.87. The summed E-state index contributed by atoms with van der Waals surface area (Å²) in [6.45, 7) is 0.425. The first-order valence-electron chi connectivity index (χ1n) is 11.1. The first-order valence-corrected chi connectivity index (χ1v) is 12.9. The molecule has 2 aliphatic rings. The second-order valence-electron chi connectivity index (χ2n) is 8.22. The van der Waals surface area contributed by atoms with E-state index in [-0.39, 0.29) is 35.7 Å². The van der Waals surface area contributed by atoms with Crippen molar-refractivity contribution in [3.05, 3.63) is 20.8 Å². The number of amides is 1. The number of aryl methyl sites for hydroxylation is 2. The molecular formula is C22H29N3O4S2. The topological polar surface area (TPSA) is 90.3 Å². The number of thiophene rings is 1. The molecule has 2 aliphatic carbocycles. The zero-order valence-electron chi connectivity index (χ0n) is 17.9. The summed E-state index contributed by atoms with van der Waals surface area (Å²) in [5, 5.41) is 4.32. The molecule has 4 rings (SSSR count). The fourth-order valence-electron chi connectivity index (χ4n) is 4.53. The molecule has 1 saturated carbocycles. The molecule has 2 aromatic heterocycles. The third-order valence-electron chi connectivity index (χ3n) is 6.12. The summed E-state index contributed by atoms with van der Waals surface area (Å²) in [6.07, 6.45) is 9.38. The molecule has 31 heavy (non-hydrogen) atoms. The third-order valence-corrected chi connectivity index (χ3v) is 8.26. The molecular weight excluding hydrogens is 434 g/mol. The van der Waals surface area contributed by atoms with E-state index >= 15 is 0 Å². The molecule has 7 nitrogen and oxygen atoms in total. The third kappa shape index (κ3) is 4.98. The Balaban J connectivity index is 1.52. The van der Waals surface area contributed by atoms with Gasteiger partial charge in [-0.2, -0.15) is 0 Å². The Morgan fingerprint density at radius 2 is 2.00 bits per heavy atom. The minimum Gasteiger partial charge on any atom is -0.469 e. The average Bonchev–Trinajstić information content (AvgIpc) is 3.42. The van der Waals surface area contributed by atoms with Crippen molar-refractivity contribution in [2.45, 2.75) is 75.4 Å². The van der Waals surface area contributed by atoms with E-state index < -0.39 is 0 Å². The maximum atomic E-state index is 13.6. The molecule has 9 heteroatoms. The number of hydrogen-bond donors (Lipinski definition) is 1. The monoisotopic (exact) mass is 463 g/mol. The highest BCUT2D eigenvalue weighted by atomic mass is 32.2. The molecule has 0 radical (unpaired) electrons. The van der Waals surface area contributed by atoms with Gasteiger partial charge in [-0.1, -0.05) is 24.6 Å². The number of methoxy groups -OCH3 is 1. The van der Waals surface area contributed by atoms with Crippen molar-refractivity contribution >= 4 is 45.2 Å². The van der Waals surface area contributed by atoms with Crippen LogP contribution in [-0.2, 0) is 27.2 Å². The molecule has 2 aromatic rings. The van der Waals surface area contributed by atoms with Gasteiger partial charge in [-0.3, -0.25) is 19.0 Å². The molecule has 1 fully saturated rings. The van der Waals surface area contributed by atoms with Crippen LogP contribution in [0.2, 0.25) is 0 Å². The van der Waals surface area contributed by atoms with Gasteiger partial charge in [0.1, 0.15) is 4.83 Å². The molecule has 0 atom stereocenters. The fraction of sp³-hybridized carbons (Fsp3) is 0.636. The van der Waals surface area contributed by atoms with Crippen molar-refractivity contribution in [1.82, 2.24) is 14.9 Å². The smallest absolute Gasteiger partial charge is 0.305 e. The molecule has 168 valence electrons. The summed E-state index contributed by atoms with van der Waals surface area (Å²) < 4.78 is 6.49. The minimum atomic E-state index is -0.277. The molecule has 0 unspecified atom stereocenters. The highest BCUT2D eigenvalue weighted by Crippen LogP contribution is 2.37. The summed E-state index contributed by atoms with van der Waals surface area (Å²) in [5.74, 6) is -0.193. The molecule has 1 amide bonds. The lowest BCUT2D eigenvalue weighted by atomic mass is 9.97. The van der Waals surface area contributed by atoms with Gasteiger partial charge in [0.05, 0.1) is 18.2 Å². The van der Waals surface area contributed by atoms with Crippen LogP contribution in [-0.4, -0.2) is 40.8 Å². The molecule has 2 heterocycles. The zero-order valence-corrected chi connectivity index (χ0v) is 19.5. The first-order chi connectivity index (χ1) is 15.1. The summed E-state index contributed by atoms with van der Waals surface area (Å²) in [6, 6.07) is 0.175. The van der Waals surface area contributed by atoms with Gasteiger partial charge in [0.25, 0.3) is 5.56 Å². The maximum absolute atomic E-state index is 13.6. The van der Waals surface area contributed by atoms with Crippen molar-refractivity contribution in [3.63, 3.8) is 0 Å². The molecule has 0 aromatic carbocycles. The predicted molar refractivity (Wildman–Crippen MR) is 123 cm³/mol. The number of carbonyl (C=O) groups excluding carboxylic acids is 2. The van der Waals surface area contributed by atoms with Crippen LogP contribution in [0.25, 0.3) is 10.2 Å². The SMILES string of the molecule is COC(=O)CCCNC(=O)CSc1nc2sc3c(c2c(=O)n1C1CCCC1)CCCC3. The Morgan fingerprint density at radius 3 is 2.77 bits per heavy atom. The summed E-state index contributed by atoms with van der Waals surface area (Å²) in [5.41, 5.74) is 1.30. The lowest BCUT2D eigenvalue weighted by molar-refractivity contribution is -0.140. The number of ether oxygens (including phenoxy) is 1.